The number of rotatable bonds is 3. The zero-order valence-electron chi connectivity index (χ0n) is 13.5. The number of hydrogen-bond donors (Lipinski definition) is 1. The molecule has 0 aromatic heterocycles. The maximum absolute atomic E-state index is 6.01. The van der Waals surface area contributed by atoms with Crippen LogP contribution in [0.15, 0.2) is 42.5 Å². The second-order valence-electron chi connectivity index (χ2n) is 6.35. The lowest BCUT2D eigenvalue weighted by molar-refractivity contribution is 0.148. The number of piperazine rings is 1. The van der Waals surface area contributed by atoms with Crippen molar-refractivity contribution in [1.29, 1.82) is 0 Å². The van der Waals surface area contributed by atoms with Crippen molar-refractivity contribution in [2.45, 2.75) is 13.5 Å². The second kappa shape index (κ2) is 6.51. The number of hydrogen-bond acceptors (Lipinski definition) is 3. The van der Waals surface area contributed by atoms with Gasteiger partial charge in [-0.2, -0.15) is 0 Å². The average molecular weight is 295 g/mol. The van der Waals surface area contributed by atoms with Crippen LogP contribution < -0.4 is 5.73 Å². The van der Waals surface area contributed by atoms with Crippen LogP contribution in [0.2, 0.25) is 0 Å². The summed E-state index contributed by atoms with van der Waals surface area (Å²) in [6.07, 6.45) is 0. The Morgan fingerprint density at radius 1 is 0.909 bits per heavy atom. The predicted octanol–water partition coefficient (Wildman–Crippen LogP) is 2.99. The summed E-state index contributed by atoms with van der Waals surface area (Å²) in [5.41, 5.74) is 11.8. The third-order valence-electron chi connectivity index (χ3n) is 4.57. The number of nitrogens with zero attached hydrogens (tertiary/aromatic N) is 2. The molecule has 2 N–H and O–H groups in total. The number of anilines is 1. The fourth-order valence-electron chi connectivity index (χ4n) is 2.89. The van der Waals surface area contributed by atoms with Gasteiger partial charge in [0.25, 0.3) is 0 Å². The third kappa shape index (κ3) is 3.49. The molecule has 0 unspecified atom stereocenters. The first-order chi connectivity index (χ1) is 10.6. The highest BCUT2D eigenvalue weighted by Gasteiger charge is 2.13. The number of nitrogen functional groups attached to an aromatic ring is 1. The van der Waals surface area contributed by atoms with Gasteiger partial charge in [0.05, 0.1) is 0 Å². The van der Waals surface area contributed by atoms with E-state index in [2.05, 4.69) is 59.3 Å². The van der Waals surface area contributed by atoms with Crippen LogP contribution in [0.5, 0.6) is 0 Å². The molecule has 2 aromatic rings. The molecule has 1 aliphatic rings. The number of likely N-dealkylation sites (N-methyl/N-ethyl adjacent to an activating group) is 1. The summed E-state index contributed by atoms with van der Waals surface area (Å²) in [6, 6.07) is 15.2. The predicted molar refractivity (Wildman–Crippen MR) is 93.8 cm³/mol. The molecule has 1 heterocycles. The SMILES string of the molecule is Cc1ccc(-c2ccc(CN3CCN(C)CC3)cc2)cc1N. The van der Waals surface area contributed by atoms with Gasteiger partial charge in [-0.25, -0.2) is 0 Å². The minimum Gasteiger partial charge on any atom is -0.398 e. The highest BCUT2D eigenvalue weighted by Crippen LogP contribution is 2.24. The Labute approximate surface area is 133 Å². The number of aryl methyl sites for hydroxylation is 1. The number of nitrogens with two attached hydrogens (primary N) is 1. The minimum absolute atomic E-state index is 0.860. The van der Waals surface area contributed by atoms with Crippen molar-refractivity contribution in [3.05, 3.63) is 53.6 Å². The highest BCUT2D eigenvalue weighted by atomic mass is 15.2. The lowest BCUT2D eigenvalue weighted by Crippen LogP contribution is -2.43. The monoisotopic (exact) mass is 295 g/mol. The smallest absolute Gasteiger partial charge is 0.0349 e. The normalized spacial score (nSPS) is 16.8. The molecule has 1 aliphatic heterocycles. The van der Waals surface area contributed by atoms with Crippen molar-refractivity contribution < 1.29 is 0 Å². The van der Waals surface area contributed by atoms with Gasteiger partial charge in [0.2, 0.25) is 0 Å². The van der Waals surface area contributed by atoms with Crippen molar-refractivity contribution in [3.8, 4) is 11.1 Å². The second-order valence-corrected chi connectivity index (χ2v) is 6.35. The Morgan fingerprint density at radius 2 is 1.55 bits per heavy atom. The van der Waals surface area contributed by atoms with Gasteiger partial charge in [0.1, 0.15) is 0 Å². The van der Waals surface area contributed by atoms with Gasteiger partial charge in [-0.05, 0) is 42.3 Å². The maximum atomic E-state index is 6.01. The van der Waals surface area contributed by atoms with Gasteiger partial charge < -0.3 is 10.6 Å². The quantitative estimate of drug-likeness (QED) is 0.884. The van der Waals surface area contributed by atoms with Gasteiger partial charge >= 0.3 is 0 Å². The zero-order chi connectivity index (χ0) is 15.5. The summed E-state index contributed by atoms with van der Waals surface area (Å²) in [6.45, 7) is 7.74. The highest BCUT2D eigenvalue weighted by molar-refractivity contribution is 5.69. The first-order valence-electron chi connectivity index (χ1n) is 7.98. The molecule has 3 nitrogen and oxygen atoms in total. The fourth-order valence-corrected chi connectivity index (χ4v) is 2.89. The molecule has 0 spiro atoms. The molecular weight excluding hydrogens is 270 g/mol. The van der Waals surface area contributed by atoms with Crippen molar-refractivity contribution >= 4 is 5.69 Å². The minimum atomic E-state index is 0.860. The third-order valence-corrected chi connectivity index (χ3v) is 4.57. The molecule has 0 amide bonds. The Hall–Kier alpha value is -1.84. The van der Waals surface area contributed by atoms with Gasteiger partial charge in [-0.1, -0.05) is 36.4 Å². The zero-order valence-corrected chi connectivity index (χ0v) is 13.5. The van der Waals surface area contributed by atoms with Crippen molar-refractivity contribution in [2.75, 3.05) is 39.0 Å². The molecule has 0 bridgehead atoms. The van der Waals surface area contributed by atoms with E-state index >= 15 is 0 Å². The summed E-state index contributed by atoms with van der Waals surface area (Å²) >= 11 is 0. The summed E-state index contributed by atoms with van der Waals surface area (Å²) in [4.78, 5) is 4.92. The van der Waals surface area contributed by atoms with E-state index < -0.39 is 0 Å². The lowest BCUT2D eigenvalue weighted by Gasteiger charge is -2.32. The van der Waals surface area contributed by atoms with E-state index in [1.807, 2.05) is 6.92 Å². The molecule has 1 fully saturated rings. The largest absolute Gasteiger partial charge is 0.398 e. The van der Waals surface area contributed by atoms with Crippen LogP contribution in [0, 0.1) is 6.92 Å². The first kappa shape index (κ1) is 15.1. The maximum Gasteiger partial charge on any atom is 0.0349 e. The van der Waals surface area contributed by atoms with Gasteiger partial charge in [-0.15, -0.1) is 0 Å². The summed E-state index contributed by atoms with van der Waals surface area (Å²) in [5.74, 6) is 0. The fraction of sp³-hybridized carbons (Fsp3) is 0.368. The molecule has 116 valence electrons. The summed E-state index contributed by atoms with van der Waals surface area (Å²) in [5, 5.41) is 0. The summed E-state index contributed by atoms with van der Waals surface area (Å²) in [7, 11) is 2.19. The molecule has 0 saturated carbocycles. The van der Waals surface area contributed by atoms with Gasteiger partial charge in [0, 0.05) is 38.4 Å². The van der Waals surface area contributed by atoms with Crippen LogP contribution in [-0.4, -0.2) is 43.0 Å². The van der Waals surface area contributed by atoms with Crippen molar-refractivity contribution in [1.82, 2.24) is 9.80 Å². The van der Waals surface area contributed by atoms with Crippen LogP contribution in [0.25, 0.3) is 11.1 Å². The van der Waals surface area contributed by atoms with Crippen LogP contribution in [0.3, 0.4) is 0 Å². The molecular formula is C19H25N3. The molecule has 1 saturated heterocycles. The van der Waals surface area contributed by atoms with E-state index in [4.69, 9.17) is 5.73 Å². The lowest BCUT2D eigenvalue weighted by atomic mass is 10.0. The van der Waals surface area contributed by atoms with Crippen molar-refractivity contribution in [2.24, 2.45) is 0 Å². The molecule has 3 rings (SSSR count). The molecule has 0 radical (unpaired) electrons. The molecule has 2 aromatic carbocycles. The summed E-state index contributed by atoms with van der Waals surface area (Å²) < 4.78 is 0. The molecule has 0 atom stereocenters. The molecule has 22 heavy (non-hydrogen) atoms. The topological polar surface area (TPSA) is 32.5 Å². The van der Waals surface area contributed by atoms with E-state index in [-0.39, 0.29) is 0 Å². The van der Waals surface area contributed by atoms with E-state index in [1.165, 1.54) is 29.8 Å². The van der Waals surface area contributed by atoms with Crippen LogP contribution >= 0.6 is 0 Å². The van der Waals surface area contributed by atoms with Crippen LogP contribution in [0.4, 0.5) is 5.69 Å². The average Bonchev–Trinajstić information content (AvgIpc) is 2.53. The first-order valence-corrected chi connectivity index (χ1v) is 7.98. The van der Waals surface area contributed by atoms with Gasteiger partial charge in [0.15, 0.2) is 0 Å². The van der Waals surface area contributed by atoms with Crippen LogP contribution in [0.1, 0.15) is 11.1 Å². The van der Waals surface area contributed by atoms with E-state index in [0.29, 0.717) is 0 Å². The molecule has 0 aliphatic carbocycles. The van der Waals surface area contributed by atoms with Crippen molar-refractivity contribution in [3.63, 3.8) is 0 Å². The standard InChI is InChI=1S/C19H25N3/c1-15-3-6-18(13-19(15)20)17-7-4-16(5-8-17)14-22-11-9-21(2)10-12-22/h3-8,13H,9-12,14,20H2,1-2H3. The Bertz CT molecular complexity index is 626. The molecule has 3 heteroatoms. The van der Waals surface area contributed by atoms with E-state index in [9.17, 15) is 0 Å². The van der Waals surface area contributed by atoms with E-state index in [0.717, 1.165) is 30.9 Å². The van der Waals surface area contributed by atoms with E-state index in [1.54, 1.807) is 0 Å². The number of benzene rings is 2. The Morgan fingerprint density at radius 3 is 2.18 bits per heavy atom. The van der Waals surface area contributed by atoms with Crippen LogP contribution in [-0.2, 0) is 6.54 Å². The van der Waals surface area contributed by atoms with Gasteiger partial charge in [-0.3, -0.25) is 4.90 Å². The Balaban J connectivity index is 1.68. The Kier molecular flexibility index (Phi) is 4.46.